The van der Waals surface area contributed by atoms with Gasteiger partial charge in [-0.05, 0) is 49.6 Å². The molecule has 0 radical (unpaired) electrons. The van der Waals surface area contributed by atoms with Crippen LogP contribution in [-0.2, 0) is 13.6 Å². The van der Waals surface area contributed by atoms with Crippen LogP contribution in [0, 0.1) is 0 Å². The molecule has 136 valence electrons. The number of nitrogens with one attached hydrogen (secondary N) is 1. The molecule has 1 saturated heterocycles. The molecule has 1 fully saturated rings. The number of anilines is 1. The molecule has 0 bridgehead atoms. The minimum atomic E-state index is -2.32. The lowest BCUT2D eigenvalue weighted by Gasteiger charge is -2.48. The Balaban J connectivity index is 1.92. The summed E-state index contributed by atoms with van der Waals surface area (Å²) in [6, 6.07) is 9.02. The van der Waals surface area contributed by atoms with Gasteiger partial charge in [0.2, 0.25) is 0 Å². The van der Waals surface area contributed by atoms with E-state index in [1.165, 1.54) is 12.8 Å². The maximum atomic E-state index is 6.03. The van der Waals surface area contributed by atoms with E-state index in [1.807, 2.05) is 31.4 Å². The molecule has 2 rings (SSSR count). The fourth-order valence-corrected chi connectivity index (χ4v) is 7.75. The standard InChI is InChI=1S/C18H31NO4Si/c1-20-17-10-8-16(9-11-17)19-14-7-13-18(21-2)12-5-6-15-24(18,22-3)23-4/h8-11,19H,5-7,12-15H2,1-4H3. The molecular formula is C18H31NO4Si. The number of ether oxygens (including phenoxy) is 2. The first-order chi connectivity index (χ1) is 11.6. The topological polar surface area (TPSA) is 49.0 Å². The third-order valence-corrected chi connectivity index (χ3v) is 9.68. The van der Waals surface area contributed by atoms with E-state index in [0.29, 0.717) is 0 Å². The lowest BCUT2D eigenvalue weighted by atomic mass is 10.1. The van der Waals surface area contributed by atoms with Crippen molar-refractivity contribution in [2.24, 2.45) is 0 Å². The van der Waals surface area contributed by atoms with E-state index < -0.39 is 8.56 Å². The number of hydrogen-bond acceptors (Lipinski definition) is 5. The predicted octanol–water partition coefficient (Wildman–Crippen LogP) is 3.73. The van der Waals surface area contributed by atoms with Gasteiger partial charge in [0.05, 0.1) is 7.11 Å². The molecule has 0 spiro atoms. The highest BCUT2D eigenvalue weighted by Gasteiger charge is 2.58. The van der Waals surface area contributed by atoms with Crippen molar-refractivity contribution in [3.63, 3.8) is 0 Å². The van der Waals surface area contributed by atoms with Crippen LogP contribution in [0.2, 0.25) is 6.04 Å². The largest absolute Gasteiger partial charge is 0.497 e. The zero-order valence-electron chi connectivity index (χ0n) is 15.4. The van der Waals surface area contributed by atoms with Crippen molar-refractivity contribution in [1.82, 2.24) is 0 Å². The van der Waals surface area contributed by atoms with Crippen molar-refractivity contribution < 1.29 is 18.3 Å². The summed E-state index contributed by atoms with van der Waals surface area (Å²) in [5.74, 6) is 0.872. The van der Waals surface area contributed by atoms with Gasteiger partial charge in [-0.1, -0.05) is 12.8 Å². The summed E-state index contributed by atoms with van der Waals surface area (Å²) in [5.41, 5.74) is 1.10. The first-order valence-electron chi connectivity index (χ1n) is 8.69. The molecular weight excluding hydrogens is 322 g/mol. The lowest BCUT2D eigenvalue weighted by molar-refractivity contribution is -0.0151. The minimum Gasteiger partial charge on any atom is -0.497 e. The zero-order valence-corrected chi connectivity index (χ0v) is 16.4. The fraction of sp³-hybridized carbons (Fsp3) is 0.667. The molecule has 1 aliphatic heterocycles. The Morgan fingerprint density at radius 1 is 1.04 bits per heavy atom. The first-order valence-corrected chi connectivity index (χ1v) is 10.7. The van der Waals surface area contributed by atoms with Crippen LogP contribution < -0.4 is 10.1 Å². The van der Waals surface area contributed by atoms with Crippen molar-refractivity contribution in [3.05, 3.63) is 24.3 Å². The SMILES string of the molecule is COc1ccc(NCCCC2(OC)CCCC[Si]2(OC)OC)cc1. The van der Waals surface area contributed by atoms with Gasteiger partial charge >= 0.3 is 8.56 Å². The predicted molar refractivity (Wildman–Crippen MR) is 98.9 cm³/mol. The van der Waals surface area contributed by atoms with E-state index >= 15 is 0 Å². The van der Waals surface area contributed by atoms with Gasteiger partial charge in [-0.2, -0.15) is 0 Å². The number of hydrogen-bond donors (Lipinski definition) is 1. The van der Waals surface area contributed by atoms with Crippen LogP contribution in [0.15, 0.2) is 24.3 Å². The van der Waals surface area contributed by atoms with Crippen LogP contribution in [0.5, 0.6) is 5.75 Å². The van der Waals surface area contributed by atoms with Crippen LogP contribution in [0.25, 0.3) is 0 Å². The molecule has 6 heteroatoms. The van der Waals surface area contributed by atoms with E-state index in [0.717, 1.165) is 43.3 Å². The smallest absolute Gasteiger partial charge is 0.370 e. The number of rotatable bonds is 9. The molecule has 1 unspecified atom stereocenters. The maximum Gasteiger partial charge on any atom is 0.370 e. The third-order valence-electron chi connectivity index (χ3n) is 5.26. The Morgan fingerprint density at radius 2 is 1.75 bits per heavy atom. The van der Waals surface area contributed by atoms with Crippen molar-refractivity contribution in [2.45, 2.75) is 43.4 Å². The number of methoxy groups -OCH3 is 2. The highest BCUT2D eigenvalue weighted by atomic mass is 28.4. The van der Waals surface area contributed by atoms with Crippen molar-refractivity contribution in [3.8, 4) is 5.75 Å². The average Bonchev–Trinajstić information content (AvgIpc) is 2.66. The van der Waals surface area contributed by atoms with Crippen molar-refractivity contribution in [1.29, 1.82) is 0 Å². The summed E-state index contributed by atoms with van der Waals surface area (Å²) in [6.45, 7) is 0.898. The maximum absolute atomic E-state index is 6.03. The fourth-order valence-electron chi connectivity index (χ4n) is 3.84. The Morgan fingerprint density at radius 3 is 2.33 bits per heavy atom. The van der Waals surface area contributed by atoms with Crippen LogP contribution in [0.3, 0.4) is 0 Å². The summed E-state index contributed by atoms with van der Waals surface area (Å²) >= 11 is 0. The van der Waals surface area contributed by atoms with Gasteiger partial charge in [-0.3, -0.25) is 0 Å². The highest BCUT2D eigenvalue weighted by Crippen LogP contribution is 2.42. The Kier molecular flexibility index (Phi) is 7.10. The summed E-state index contributed by atoms with van der Waals surface area (Å²) in [7, 11) is 4.73. The molecule has 0 aliphatic carbocycles. The van der Waals surface area contributed by atoms with Gasteiger partial charge in [0.25, 0.3) is 0 Å². The third kappa shape index (κ3) is 3.94. The van der Waals surface area contributed by atoms with Gasteiger partial charge < -0.3 is 23.6 Å². The number of benzene rings is 1. The molecule has 1 atom stereocenters. The second-order valence-electron chi connectivity index (χ2n) is 6.33. The normalized spacial score (nSPS) is 23.0. The highest BCUT2D eigenvalue weighted by molar-refractivity contribution is 6.70. The molecule has 0 amide bonds. The molecule has 1 aliphatic rings. The van der Waals surface area contributed by atoms with E-state index in [1.54, 1.807) is 21.3 Å². The monoisotopic (exact) mass is 353 g/mol. The van der Waals surface area contributed by atoms with Gasteiger partial charge in [0.1, 0.15) is 11.0 Å². The quantitative estimate of drug-likeness (QED) is 0.541. The lowest BCUT2D eigenvalue weighted by Crippen LogP contribution is -2.64. The summed E-state index contributed by atoms with van der Waals surface area (Å²) in [6.07, 6.45) is 5.35. The van der Waals surface area contributed by atoms with E-state index in [2.05, 4.69) is 5.32 Å². The molecule has 1 heterocycles. The van der Waals surface area contributed by atoms with Crippen LogP contribution >= 0.6 is 0 Å². The van der Waals surface area contributed by atoms with Gasteiger partial charge in [-0.15, -0.1) is 0 Å². The average molecular weight is 354 g/mol. The molecule has 0 saturated carbocycles. The molecule has 0 aromatic heterocycles. The van der Waals surface area contributed by atoms with Crippen molar-refractivity contribution >= 4 is 14.2 Å². The van der Waals surface area contributed by atoms with Gasteiger partial charge in [-0.25, -0.2) is 0 Å². The van der Waals surface area contributed by atoms with Crippen LogP contribution in [0.4, 0.5) is 5.69 Å². The van der Waals surface area contributed by atoms with E-state index in [9.17, 15) is 0 Å². The molecule has 1 N–H and O–H groups in total. The molecule has 1 aromatic rings. The van der Waals surface area contributed by atoms with Crippen molar-refractivity contribution in [2.75, 3.05) is 40.3 Å². The first kappa shape index (κ1) is 19.2. The summed E-state index contributed by atoms with van der Waals surface area (Å²) in [5, 5.41) is 3.22. The Hall–Kier alpha value is -1.08. The summed E-state index contributed by atoms with van der Waals surface area (Å²) < 4.78 is 23.1. The van der Waals surface area contributed by atoms with Gasteiger partial charge in [0.15, 0.2) is 0 Å². The Labute approximate surface area is 146 Å². The van der Waals surface area contributed by atoms with Crippen LogP contribution in [0.1, 0.15) is 32.1 Å². The molecule has 1 aromatic carbocycles. The zero-order chi connectivity index (χ0) is 17.5. The van der Waals surface area contributed by atoms with Gasteiger partial charge in [0, 0.05) is 33.6 Å². The Bertz CT molecular complexity index is 492. The van der Waals surface area contributed by atoms with E-state index in [-0.39, 0.29) is 5.22 Å². The molecule has 24 heavy (non-hydrogen) atoms. The second-order valence-corrected chi connectivity index (χ2v) is 10.1. The minimum absolute atomic E-state index is 0.240. The molecule has 5 nitrogen and oxygen atoms in total. The summed E-state index contributed by atoms with van der Waals surface area (Å²) in [4.78, 5) is 0. The van der Waals surface area contributed by atoms with E-state index in [4.69, 9.17) is 18.3 Å². The second kappa shape index (κ2) is 8.85. The van der Waals surface area contributed by atoms with Crippen LogP contribution in [-0.4, -0.2) is 48.8 Å².